The van der Waals surface area contributed by atoms with Crippen LogP contribution >= 0.6 is 0 Å². The van der Waals surface area contributed by atoms with Crippen molar-refractivity contribution >= 4 is 20.0 Å². The Hall–Kier alpha value is -1.00. The van der Waals surface area contributed by atoms with Crippen LogP contribution in [0.4, 0.5) is 0 Å². The zero-order chi connectivity index (χ0) is 18.9. The molecular weight excluding hydrogens is 362 g/mol. The molecule has 1 saturated carbocycles. The number of benzene rings is 1. The average molecular weight is 390 g/mol. The fourth-order valence-electron chi connectivity index (χ4n) is 2.75. The van der Waals surface area contributed by atoms with E-state index < -0.39 is 25.6 Å². The number of nitrogens with two attached hydrogens (primary N) is 1. The molecule has 0 amide bonds. The normalized spacial score (nSPS) is 18.3. The van der Waals surface area contributed by atoms with E-state index in [2.05, 4.69) is 9.44 Å². The Morgan fingerprint density at radius 3 is 2.20 bits per heavy atom. The number of rotatable bonds is 9. The number of sulfonamides is 2. The second-order valence-electron chi connectivity index (χ2n) is 7.34. The molecule has 0 heterocycles. The van der Waals surface area contributed by atoms with E-state index in [4.69, 9.17) is 5.73 Å². The van der Waals surface area contributed by atoms with Gasteiger partial charge in [-0.1, -0.05) is 19.9 Å². The van der Waals surface area contributed by atoms with E-state index in [1.54, 1.807) is 6.92 Å². The summed E-state index contributed by atoms with van der Waals surface area (Å²) in [6.07, 6.45) is 2.19. The van der Waals surface area contributed by atoms with Crippen molar-refractivity contribution in [3.63, 3.8) is 0 Å². The first kappa shape index (κ1) is 20.3. The highest BCUT2D eigenvalue weighted by atomic mass is 32.2. The van der Waals surface area contributed by atoms with Crippen molar-refractivity contribution in [1.82, 2.24) is 9.44 Å². The highest BCUT2D eigenvalue weighted by Crippen LogP contribution is 2.24. The van der Waals surface area contributed by atoms with Gasteiger partial charge in [0.2, 0.25) is 20.0 Å². The Kier molecular flexibility index (Phi) is 5.95. The molecule has 1 unspecified atom stereocenters. The van der Waals surface area contributed by atoms with Crippen LogP contribution < -0.4 is 15.2 Å². The van der Waals surface area contributed by atoms with Gasteiger partial charge >= 0.3 is 0 Å². The minimum Gasteiger partial charge on any atom is -0.329 e. The van der Waals surface area contributed by atoms with Crippen LogP contribution in [0.25, 0.3) is 0 Å². The summed E-state index contributed by atoms with van der Waals surface area (Å²) >= 11 is 0. The van der Waals surface area contributed by atoms with Crippen LogP contribution in [0.5, 0.6) is 0 Å². The van der Waals surface area contributed by atoms with Crippen molar-refractivity contribution in [2.24, 2.45) is 11.7 Å². The third kappa shape index (κ3) is 5.49. The smallest absolute Gasteiger partial charge is 0.241 e. The SMILES string of the molecule is CC(C)CC(C)(CN)NS(=O)(=O)c1cccc(S(=O)(=O)NC2CC2)c1. The summed E-state index contributed by atoms with van der Waals surface area (Å²) in [5.74, 6) is 0.255. The topological polar surface area (TPSA) is 118 Å². The van der Waals surface area contributed by atoms with E-state index in [0.29, 0.717) is 6.42 Å². The maximum Gasteiger partial charge on any atom is 0.241 e. The third-order valence-electron chi connectivity index (χ3n) is 4.02. The minimum atomic E-state index is -3.89. The first-order chi connectivity index (χ1) is 11.5. The van der Waals surface area contributed by atoms with E-state index in [1.165, 1.54) is 24.3 Å². The van der Waals surface area contributed by atoms with Gasteiger partial charge in [-0.15, -0.1) is 0 Å². The Morgan fingerprint density at radius 2 is 1.72 bits per heavy atom. The fraction of sp³-hybridized carbons (Fsp3) is 0.625. The maximum absolute atomic E-state index is 12.7. The molecule has 1 aromatic rings. The summed E-state index contributed by atoms with van der Waals surface area (Å²) in [6.45, 7) is 5.86. The Labute approximate surface area is 150 Å². The van der Waals surface area contributed by atoms with E-state index in [-0.39, 0.29) is 28.3 Å². The van der Waals surface area contributed by atoms with Gasteiger partial charge in [-0.3, -0.25) is 0 Å². The zero-order valence-electron chi connectivity index (χ0n) is 14.8. The Morgan fingerprint density at radius 1 is 1.16 bits per heavy atom. The van der Waals surface area contributed by atoms with Crippen molar-refractivity contribution in [2.45, 2.75) is 61.4 Å². The summed E-state index contributed by atoms with van der Waals surface area (Å²) in [7, 11) is -7.61. The number of hydrogen-bond acceptors (Lipinski definition) is 5. The molecule has 1 aliphatic carbocycles. The molecule has 0 bridgehead atoms. The van der Waals surface area contributed by atoms with E-state index in [1.807, 2.05) is 13.8 Å². The molecule has 4 N–H and O–H groups in total. The van der Waals surface area contributed by atoms with Gasteiger partial charge in [0, 0.05) is 18.1 Å². The van der Waals surface area contributed by atoms with Crippen LogP contribution in [-0.2, 0) is 20.0 Å². The van der Waals surface area contributed by atoms with Crippen LogP contribution in [0.3, 0.4) is 0 Å². The van der Waals surface area contributed by atoms with Gasteiger partial charge in [0.05, 0.1) is 9.79 Å². The molecule has 0 radical (unpaired) electrons. The summed E-state index contributed by atoms with van der Waals surface area (Å²) in [5.41, 5.74) is 4.97. The molecule has 0 saturated heterocycles. The second-order valence-corrected chi connectivity index (χ2v) is 10.7. The quantitative estimate of drug-likeness (QED) is 0.586. The molecule has 0 aliphatic heterocycles. The monoisotopic (exact) mass is 389 g/mol. The van der Waals surface area contributed by atoms with Crippen LogP contribution in [-0.4, -0.2) is 35.0 Å². The molecule has 1 atom stereocenters. The maximum atomic E-state index is 12.7. The Bertz CT molecular complexity index is 818. The van der Waals surface area contributed by atoms with E-state index in [9.17, 15) is 16.8 Å². The van der Waals surface area contributed by atoms with Crippen molar-refractivity contribution in [3.05, 3.63) is 24.3 Å². The van der Waals surface area contributed by atoms with Gasteiger partial charge in [-0.25, -0.2) is 26.3 Å². The summed E-state index contributed by atoms with van der Waals surface area (Å²) < 4.78 is 55.2. The molecule has 0 aromatic heterocycles. The van der Waals surface area contributed by atoms with E-state index in [0.717, 1.165) is 12.8 Å². The van der Waals surface area contributed by atoms with Gasteiger partial charge < -0.3 is 5.73 Å². The molecule has 0 spiro atoms. The van der Waals surface area contributed by atoms with Crippen LogP contribution in [0, 0.1) is 5.92 Å². The zero-order valence-corrected chi connectivity index (χ0v) is 16.5. The van der Waals surface area contributed by atoms with Crippen molar-refractivity contribution in [3.8, 4) is 0 Å². The lowest BCUT2D eigenvalue weighted by molar-refractivity contribution is 0.344. The second kappa shape index (κ2) is 7.32. The summed E-state index contributed by atoms with van der Waals surface area (Å²) in [4.78, 5) is -0.143. The highest BCUT2D eigenvalue weighted by Gasteiger charge is 2.32. The molecule has 25 heavy (non-hydrogen) atoms. The van der Waals surface area contributed by atoms with Gasteiger partial charge in [0.25, 0.3) is 0 Å². The molecule has 2 rings (SSSR count). The number of nitrogens with one attached hydrogen (secondary N) is 2. The predicted octanol–water partition coefficient (Wildman–Crippen LogP) is 1.17. The standard InChI is InChI=1S/C16H27N3O4S2/c1-12(2)10-16(3,11-17)19-25(22,23)15-6-4-5-14(9-15)24(20,21)18-13-7-8-13/h4-6,9,12-13,18-19H,7-8,10-11,17H2,1-3H3. The summed E-state index contributed by atoms with van der Waals surface area (Å²) in [5, 5.41) is 0. The lowest BCUT2D eigenvalue weighted by Crippen LogP contribution is -2.52. The molecule has 1 aliphatic rings. The van der Waals surface area contributed by atoms with E-state index >= 15 is 0 Å². The number of hydrogen-bond donors (Lipinski definition) is 3. The molecule has 1 fully saturated rings. The van der Waals surface area contributed by atoms with Gasteiger partial charge in [0.1, 0.15) is 0 Å². The van der Waals surface area contributed by atoms with Crippen molar-refractivity contribution in [1.29, 1.82) is 0 Å². The molecular formula is C16H27N3O4S2. The molecule has 1 aromatic carbocycles. The van der Waals surface area contributed by atoms with Gasteiger partial charge in [0.15, 0.2) is 0 Å². The molecule has 9 heteroatoms. The predicted molar refractivity (Wildman–Crippen MR) is 97.0 cm³/mol. The first-order valence-electron chi connectivity index (χ1n) is 8.34. The van der Waals surface area contributed by atoms with Crippen molar-refractivity contribution < 1.29 is 16.8 Å². The lowest BCUT2D eigenvalue weighted by atomic mass is 9.92. The van der Waals surface area contributed by atoms with Crippen LogP contribution in [0.1, 0.15) is 40.0 Å². The third-order valence-corrected chi connectivity index (χ3v) is 7.17. The Balaban J connectivity index is 2.29. The van der Waals surface area contributed by atoms with Gasteiger partial charge in [-0.05, 0) is 50.3 Å². The van der Waals surface area contributed by atoms with Crippen LogP contribution in [0.2, 0.25) is 0 Å². The summed E-state index contributed by atoms with van der Waals surface area (Å²) in [6, 6.07) is 5.33. The largest absolute Gasteiger partial charge is 0.329 e. The van der Waals surface area contributed by atoms with Crippen molar-refractivity contribution in [2.75, 3.05) is 6.54 Å². The average Bonchev–Trinajstić information content (AvgIpc) is 3.29. The van der Waals surface area contributed by atoms with Gasteiger partial charge in [-0.2, -0.15) is 0 Å². The molecule has 142 valence electrons. The molecule has 7 nitrogen and oxygen atoms in total. The minimum absolute atomic E-state index is 0.0463. The first-order valence-corrected chi connectivity index (χ1v) is 11.3. The lowest BCUT2D eigenvalue weighted by Gasteiger charge is -2.30. The highest BCUT2D eigenvalue weighted by molar-refractivity contribution is 7.90. The fourth-order valence-corrected chi connectivity index (χ4v) is 5.65. The van der Waals surface area contributed by atoms with Crippen LogP contribution in [0.15, 0.2) is 34.1 Å².